The number of aliphatic hydroxyl groups excluding tert-OH is 1. The number of nitrogens with zero attached hydrogens (tertiary/aromatic N) is 2. The minimum Gasteiger partial charge on any atom is -0.455 e. The van der Waals surface area contributed by atoms with Gasteiger partial charge in [-0.1, -0.05) is 119 Å². The molecule has 5 bridgehead atoms. The third-order valence-electron chi connectivity index (χ3n) is 10.0. The van der Waals surface area contributed by atoms with Crippen LogP contribution in [0, 0.1) is 11.8 Å². The van der Waals surface area contributed by atoms with Gasteiger partial charge in [0.25, 0.3) is 0 Å². The molecule has 0 aromatic heterocycles. The standard InChI is InChI=1S/C39H38BrN3O7/c40-28-21-39-33-32(34(28)50-39)38(48)49-30(27-17-9-3-10-18-27)22-41-31(45)19-11-4-12-20-42(23-25-13-5-1-6-14-25)37(47)35(39)43(36(33)46)29(24-44)26-15-7-2-8-16-26/h1-10,12-18,21,29-30,32-35,44H,11,19-20,22-24H2,(H,41,45)/b12-4-/t29-,30-,32-,33+,34-,35-,39+/m1/s1. The lowest BCUT2D eigenvalue weighted by Gasteiger charge is -2.39. The molecule has 2 N–H and O–H groups in total. The number of ether oxygens (including phenoxy) is 2. The number of amides is 3. The summed E-state index contributed by atoms with van der Waals surface area (Å²) in [5.41, 5.74) is 0.687. The zero-order chi connectivity index (χ0) is 34.8. The second-order valence-electron chi connectivity index (χ2n) is 13.0. The van der Waals surface area contributed by atoms with Crippen LogP contribution in [0.1, 0.15) is 41.7 Å². The highest BCUT2D eigenvalue weighted by Gasteiger charge is 2.75. The minimum absolute atomic E-state index is 0.0377. The van der Waals surface area contributed by atoms with Gasteiger partial charge < -0.3 is 29.7 Å². The number of halogens is 1. The predicted molar refractivity (Wildman–Crippen MR) is 187 cm³/mol. The number of cyclic esters (lactones) is 1. The number of allylic oxidation sites excluding steroid dienone is 1. The maximum absolute atomic E-state index is 15.1. The molecule has 3 amide bonds. The van der Waals surface area contributed by atoms with E-state index in [-0.39, 0.29) is 37.9 Å². The van der Waals surface area contributed by atoms with E-state index in [1.165, 1.54) is 4.90 Å². The highest BCUT2D eigenvalue weighted by molar-refractivity contribution is 9.11. The highest BCUT2D eigenvalue weighted by atomic mass is 79.9. The Morgan fingerprint density at radius 3 is 2.28 bits per heavy atom. The number of carbonyl (C=O) groups excluding carboxylic acids is 4. The molecule has 10 nitrogen and oxygen atoms in total. The van der Waals surface area contributed by atoms with Gasteiger partial charge in [-0.15, -0.1) is 0 Å². The Labute approximate surface area is 298 Å². The molecule has 0 radical (unpaired) electrons. The number of carbonyl (C=O) groups is 4. The molecule has 0 saturated carbocycles. The van der Waals surface area contributed by atoms with Gasteiger partial charge in [-0.2, -0.15) is 0 Å². The second-order valence-corrected chi connectivity index (χ2v) is 14.0. The van der Waals surface area contributed by atoms with Crippen molar-refractivity contribution in [1.29, 1.82) is 0 Å². The Bertz CT molecular complexity index is 1800. The molecule has 0 unspecified atom stereocenters. The summed E-state index contributed by atoms with van der Waals surface area (Å²) in [7, 11) is 0. The fourth-order valence-electron chi connectivity index (χ4n) is 7.72. The topological polar surface area (TPSA) is 125 Å². The molecule has 1 spiro atoms. The summed E-state index contributed by atoms with van der Waals surface area (Å²) in [5, 5.41) is 13.8. The molecule has 11 heteroatoms. The van der Waals surface area contributed by atoms with E-state index < -0.39 is 60.2 Å². The largest absolute Gasteiger partial charge is 0.455 e. The van der Waals surface area contributed by atoms with Gasteiger partial charge in [-0.25, -0.2) is 0 Å². The van der Waals surface area contributed by atoms with Crippen LogP contribution in [0.4, 0.5) is 0 Å². The Hall–Kier alpha value is -4.58. The van der Waals surface area contributed by atoms with Gasteiger partial charge >= 0.3 is 5.97 Å². The molecule has 4 aliphatic heterocycles. The number of hydrogen-bond donors (Lipinski definition) is 2. The molecule has 3 aromatic rings. The van der Waals surface area contributed by atoms with E-state index in [4.69, 9.17) is 9.47 Å². The van der Waals surface area contributed by atoms with Gasteiger partial charge in [0, 0.05) is 24.0 Å². The van der Waals surface area contributed by atoms with Crippen molar-refractivity contribution in [2.45, 2.75) is 49.3 Å². The van der Waals surface area contributed by atoms with Crippen LogP contribution >= 0.6 is 15.9 Å². The van der Waals surface area contributed by atoms with E-state index in [0.29, 0.717) is 22.0 Å². The molecular formula is C39H38BrN3O7. The summed E-state index contributed by atoms with van der Waals surface area (Å²) in [5.74, 6) is -3.96. The number of hydrogen-bond acceptors (Lipinski definition) is 7. The van der Waals surface area contributed by atoms with Crippen molar-refractivity contribution in [3.05, 3.63) is 130 Å². The zero-order valence-corrected chi connectivity index (χ0v) is 28.9. The quantitative estimate of drug-likeness (QED) is 0.284. The van der Waals surface area contributed by atoms with Crippen molar-refractivity contribution in [3.8, 4) is 0 Å². The number of aliphatic hydroxyl groups is 1. The van der Waals surface area contributed by atoms with Crippen LogP contribution in [-0.4, -0.2) is 76.0 Å². The molecule has 4 heterocycles. The Balaban J connectivity index is 1.35. The molecule has 7 rings (SSSR count). The maximum Gasteiger partial charge on any atom is 0.313 e. The summed E-state index contributed by atoms with van der Waals surface area (Å²) < 4.78 is 13.4. The van der Waals surface area contributed by atoms with Crippen molar-refractivity contribution in [3.63, 3.8) is 0 Å². The highest BCUT2D eigenvalue weighted by Crippen LogP contribution is 2.60. The van der Waals surface area contributed by atoms with Crippen molar-refractivity contribution < 1.29 is 33.8 Å². The number of esters is 1. The summed E-state index contributed by atoms with van der Waals surface area (Å²) in [6.45, 7) is 0.00712. The third kappa shape index (κ3) is 6.18. The predicted octanol–water partition coefficient (Wildman–Crippen LogP) is 4.37. The lowest BCUT2D eigenvalue weighted by Crippen LogP contribution is -2.56. The fourth-order valence-corrected chi connectivity index (χ4v) is 8.46. The number of benzene rings is 3. The maximum atomic E-state index is 15.1. The van der Waals surface area contributed by atoms with Gasteiger partial charge in [0.05, 0.1) is 25.1 Å². The lowest BCUT2D eigenvalue weighted by molar-refractivity contribution is -0.160. The first-order valence-electron chi connectivity index (χ1n) is 16.9. The Morgan fingerprint density at radius 1 is 0.900 bits per heavy atom. The van der Waals surface area contributed by atoms with Crippen molar-refractivity contribution in [1.82, 2.24) is 15.1 Å². The van der Waals surface area contributed by atoms with E-state index >= 15 is 4.79 Å². The molecule has 0 aliphatic carbocycles. The first-order chi connectivity index (χ1) is 24.3. The third-order valence-corrected chi connectivity index (χ3v) is 10.7. The van der Waals surface area contributed by atoms with Gasteiger partial charge in [-0.05, 0) is 29.2 Å². The number of likely N-dealkylation sites (tertiary alicyclic amines) is 1. The van der Waals surface area contributed by atoms with Crippen LogP contribution in [0.3, 0.4) is 0 Å². The number of fused-ring (bicyclic) bond motifs is 2. The van der Waals surface area contributed by atoms with Crippen LogP contribution in [-0.2, 0) is 35.2 Å². The normalized spacial score (nSPS) is 29.6. The van der Waals surface area contributed by atoms with E-state index in [0.717, 1.165) is 5.56 Å². The van der Waals surface area contributed by atoms with Crippen LogP contribution in [0.25, 0.3) is 0 Å². The number of nitrogens with one attached hydrogen (secondary N) is 1. The monoisotopic (exact) mass is 739 g/mol. The van der Waals surface area contributed by atoms with Crippen molar-refractivity contribution >= 4 is 39.6 Å². The van der Waals surface area contributed by atoms with Crippen LogP contribution in [0.2, 0.25) is 0 Å². The average Bonchev–Trinajstić information content (AvgIpc) is 3.73. The molecule has 7 atom stereocenters. The molecule has 4 aliphatic rings. The van der Waals surface area contributed by atoms with Gasteiger partial charge in [0.15, 0.2) is 0 Å². The zero-order valence-electron chi connectivity index (χ0n) is 27.3. The average molecular weight is 741 g/mol. The van der Waals surface area contributed by atoms with E-state index in [1.807, 2.05) is 91.0 Å². The summed E-state index contributed by atoms with van der Waals surface area (Å²) in [6, 6.07) is 25.6. The molecule has 2 saturated heterocycles. The summed E-state index contributed by atoms with van der Waals surface area (Å²) >= 11 is 3.61. The van der Waals surface area contributed by atoms with Crippen LogP contribution < -0.4 is 5.32 Å². The van der Waals surface area contributed by atoms with Gasteiger partial charge in [-0.3, -0.25) is 19.2 Å². The molecule has 258 valence electrons. The first-order valence-corrected chi connectivity index (χ1v) is 17.7. The summed E-state index contributed by atoms with van der Waals surface area (Å²) in [4.78, 5) is 60.3. The number of rotatable bonds is 6. The molecule has 50 heavy (non-hydrogen) atoms. The smallest absolute Gasteiger partial charge is 0.313 e. The van der Waals surface area contributed by atoms with Crippen LogP contribution in [0.15, 0.2) is 114 Å². The Kier molecular flexibility index (Phi) is 9.72. The van der Waals surface area contributed by atoms with E-state index in [1.54, 1.807) is 23.1 Å². The SMILES string of the molecule is O=C1CC/C=C\CN(Cc2ccccc2)C(=O)[C@H]2N([C@H](CO)c3ccccc3)C(=O)[C@@H]3[C@@H](C(=O)O[C@@H](c4ccccc4)CN1)[C@@H]1O[C@@]32C=C1Br. The molecular weight excluding hydrogens is 702 g/mol. The lowest BCUT2D eigenvalue weighted by atomic mass is 9.74. The van der Waals surface area contributed by atoms with Gasteiger partial charge in [0.2, 0.25) is 17.7 Å². The first kappa shape index (κ1) is 33.9. The van der Waals surface area contributed by atoms with Crippen molar-refractivity contribution in [2.75, 3.05) is 19.7 Å². The van der Waals surface area contributed by atoms with E-state index in [2.05, 4.69) is 21.2 Å². The fraction of sp³-hybridized carbons (Fsp3) is 0.333. The Morgan fingerprint density at radius 2 is 1.58 bits per heavy atom. The van der Waals surface area contributed by atoms with E-state index in [9.17, 15) is 19.5 Å². The minimum atomic E-state index is -1.52. The van der Waals surface area contributed by atoms with Gasteiger partial charge in [0.1, 0.15) is 29.8 Å². The molecule has 3 aromatic carbocycles. The summed E-state index contributed by atoms with van der Waals surface area (Å²) in [6.07, 6.45) is 4.40. The van der Waals surface area contributed by atoms with Crippen molar-refractivity contribution in [2.24, 2.45) is 11.8 Å². The molecule has 2 fully saturated rings. The van der Waals surface area contributed by atoms with Crippen LogP contribution in [0.5, 0.6) is 0 Å². The second kappa shape index (κ2) is 14.3.